The van der Waals surface area contributed by atoms with Gasteiger partial charge in [0.05, 0.1) is 33.5 Å². The summed E-state index contributed by atoms with van der Waals surface area (Å²) in [5.41, 5.74) is 0.736. The SMILES string of the molecule is COc1ccc(/C(O)=C2\C(=O)C(=O)N(c3nc4ccc(C(=O)O)cc4s3)C2c2cccs2)cc1Cl. The molecule has 2 aromatic heterocycles. The number of fused-ring (bicyclic) bond motifs is 1. The molecular weight excluding hydrogens is 512 g/mol. The van der Waals surface area contributed by atoms with Crippen LogP contribution in [0.25, 0.3) is 16.0 Å². The van der Waals surface area contributed by atoms with Crippen molar-refractivity contribution in [1.82, 2.24) is 4.98 Å². The number of ketones is 1. The molecule has 5 rings (SSSR count). The van der Waals surface area contributed by atoms with Crippen molar-refractivity contribution in [3.8, 4) is 5.75 Å². The molecular formula is C24H15ClN2O6S2. The van der Waals surface area contributed by atoms with E-state index in [2.05, 4.69) is 4.98 Å². The molecule has 8 nitrogen and oxygen atoms in total. The third-order valence-electron chi connectivity index (χ3n) is 5.51. The molecule has 1 atom stereocenters. The Bertz CT molecular complexity index is 1540. The molecule has 35 heavy (non-hydrogen) atoms. The number of aliphatic hydroxyl groups excluding tert-OH is 1. The van der Waals surface area contributed by atoms with E-state index in [1.54, 1.807) is 35.7 Å². The molecule has 3 heterocycles. The molecule has 0 bridgehead atoms. The van der Waals surface area contributed by atoms with E-state index in [0.29, 0.717) is 20.8 Å². The molecule has 1 aliphatic heterocycles. The number of hydrogen-bond donors (Lipinski definition) is 2. The summed E-state index contributed by atoms with van der Waals surface area (Å²) in [4.78, 5) is 44.2. The fraction of sp³-hybridized carbons (Fsp3) is 0.0833. The first kappa shape index (κ1) is 23.0. The van der Waals surface area contributed by atoms with Crippen molar-refractivity contribution in [2.75, 3.05) is 12.0 Å². The zero-order valence-electron chi connectivity index (χ0n) is 17.9. The highest BCUT2D eigenvalue weighted by molar-refractivity contribution is 7.22. The number of halogens is 1. The highest BCUT2D eigenvalue weighted by Crippen LogP contribution is 2.45. The summed E-state index contributed by atoms with van der Waals surface area (Å²) in [5.74, 6) is -2.77. The number of ether oxygens (including phenoxy) is 1. The Kier molecular flexibility index (Phi) is 5.79. The van der Waals surface area contributed by atoms with Crippen LogP contribution in [0.1, 0.15) is 26.8 Å². The van der Waals surface area contributed by atoms with Crippen LogP contribution < -0.4 is 9.64 Å². The lowest BCUT2D eigenvalue weighted by Crippen LogP contribution is -2.28. The normalized spacial score (nSPS) is 17.3. The van der Waals surface area contributed by atoms with E-state index >= 15 is 0 Å². The fourth-order valence-corrected chi connectivity index (χ4v) is 5.98. The number of rotatable bonds is 5. The first-order chi connectivity index (χ1) is 16.8. The number of aliphatic hydroxyl groups is 1. The van der Waals surface area contributed by atoms with Gasteiger partial charge in [0.2, 0.25) is 0 Å². The van der Waals surface area contributed by atoms with Gasteiger partial charge in [-0.25, -0.2) is 9.78 Å². The highest BCUT2D eigenvalue weighted by atomic mass is 35.5. The number of carbonyl (C=O) groups is 3. The number of carbonyl (C=O) groups excluding carboxylic acids is 2. The van der Waals surface area contributed by atoms with Crippen molar-refractivity contribution in [3.05, 3.63) is 80.5 Å². The van der Waals surface area contributed by atoms with Crippen LogP contribution >= 0.6 is 34.3 Å². The Morgan fingerprint density at radius 1 is 1.11 bits per heavy atom. The number of thiazole rings is 1. The Morgan fingerprint density at radius 2 is 1.89 bits per heavy atom. The summed E-state index contributed by atoms with van der Waals surface area (Å²) < 4.78 is 5.70. The predicted molar refractivity (Wildman–Crippen MR) is 134 cm³/mol. The maximum absolute atomic E-state index is 13.2. The number of carboxylic acids is 1. The van der Waals surface area contributed by atoms with Crippen LogP contribution in [0.5, 0.6) is 5.75 Å². The average Bonchev–Trinajstić information content (AvgIpc) is 3.56. The lowest BCUT2D eigenvalue weighted by Gasteiger charge is -2.21. The van der Waals surface area contributed by atoms with Gasteiger partial charge in [0, 0.05) is 10.4 Å². The number of anilines is 1. The first-order valence-electron chi connectivity index (χ1n) is 10.1. The molecule has 11 heteroatoms. The minimum absolute atomic E-state index is 0.0842. The second-order valence-corrected chi connectivity index (χ2v) is 9.91. The third-order valence-corrected chi connectivity index (χ3v) is 7.75. The van der Waals surface area contributed by atoms with Gasteiger partial charge in [-0.1, -0.05) is 29.0 Å². The van der Waals surface area contributed by atoms with E-state index in [1.165, 1.54) is 41.5 Å². The van der Waals surface area contributed by atoms with Crippen molar-refractivity contribution in [2.45, 2.75) is 6.04 Å². The lowest BCUT2D eigenvalue weighted by atomic mass is 10.00. The van der Waals surface area contributed by atoms with E-state index in [-0.39, 0.29) is 32.6 Å². The Morgan fingerprint density at radius 3 is 2.54 bits per heavy atom. The zero-order valence-corrected chi connectivity index (χ0v) is 20.3. The van der Waals surface area contributed by atoms with Crippen LogP contribution in [0, 0.1) is 0 Å². The predicted octanol–water partition coefficient (Wildman–Crippen LogP) is 5.34. The van der Waals surface area contributed by atoms with Gasteiger partial charge in [-0.05, 0) is 47.8 Å². The number of nitrogens with zero attached hydrogens (tertiary/aromatic N) is 2. The third kappa shape index (κ3) is 3.85. The standard InChI is InChI=1S/C24H15ClN2O6S2/c1-33-15-7-5-11(9-13(15)25)20(28)18-19(16-3-2-8-34-16)27(22(30)21(18)29)24-26-14-6-4-12(23(31)32)10-17(14)35-24/h2-10,19,28H,1H3,(H,31,32)/b20-18+. The van der Waals surface area contributed by atoms with Crippen LogP contribution in [-0.4, -0.2) is 40.0 Å². The van der Waals surface area contributed by atoms with E-state index in [9.17, 15) is 24.6 Å². The largest absolute Gasteiger partial charge is 0.507 e. The number of thiophene rings is 1. The Balaban J connectivity index is 1.68. The highest BCUT2D eigenvalue weighted by Gasteiger charge is 2.48. The second-order valence-electron chi connectivity index (χ2n) is 7.52. The number of Topliss-reactive ketones (excluding diaryl/α,β-unsaturated/α-hetero) is 1. The van der Waals surface area contributed by atoms with Crippen molar-refractivity contribution in [2.24, 2.45) is 0 Å². The second kappa shape index (κ2) is 8.81. The van der Waals surface area contributed by atoms with Gasteiger partial charge in [-0.3, -0.25) is 14.5 Å². The number of hydrogen-bond acceptors (Lipinski definition) is 8. The Labute approximate surface area is 211 Å². The molecule has 0 saturated carbocycles. The number of aromatic carboxylic acids is 1. The smallest absolute Gasteiger partial charge is 0.335 e. The molecule has 1 unspecified atom stereocenters. The van der Waals surface area contributed by atoms with Crippen LogP contribution in [0.3, 0.4) is 0 Å². The molecule has 2 aromatic carbocycles. The van der Waals surface area contributed by atoms with Crippen molar-refractivity contribution >= 4 is 73.0 Å². The summed E-state index contributed by atoms with van der Waals surface area (Å²) in [6.07, 6.45) is 0. The van der Waals surface area contributed by atoms with Crippen molar-refractivity contribution < 1.29 is 29.3 Å². The van der Waals surface area contributed by atoms with Crippen LogP contribution in [-0.2, 0) is 9.59 Å². The minimum atomic E-state index is -1.08. The molecule has 1 aliphatic rings. The first-order valence-corrected chi connectivity index (χ1v) is 12.2. The van der Waals surface area contributed by atoms with Gasteiger partial charge in [-0.15, -0.1) is 11.3 Å². The maximum atomic E-state index is 13.2. The van der Waals surface area contributed by atoms with Crippen LogP contribution in [0.4, 0.5) is 5.13 Å². The molecule has 1 amide bonds. The quantitative estimate of drug-likeness (QED) is 0.205. The van der Waals surface area contributed by atoms with E-state index in [1.807, 2.05) is 0 Å². The number of aromatic nitrogens is 1. The molecule has 0 radical (unpaired) electrons. The molecule has 2 N–H and O–H groups in total. The van der Waals surface area contributed by atoms with Gasteiger partial charge >= 0.3 is 11.9 Å². The minimum Gasteiger partial charge on any atom is -0.507 e. The Hall–Kier alpha value is -3.73. The van der Waals surface area contributed by atoms with Crippen molar-refractivity contribution in [3.63, 3.8) is 0 Å². The van der Waals surface area contributed by atoms with Gasteiger partial charge in [0.1, 0.15) is 17.6 Å². The average molecular weight is 527 g/mol. The fourth-order valence-electron chi connectivity index (χ4n) is 3.86. The monoisotopic (exact) mass is 526 g/mol. The van der Waals surface area contributed by atoms with E-state index < -0.39 is 23.7 Å². The van der Waals surface area contributed by atoms with Crippen LogP contribution in [0.15, 0.2) is 59.5 Å². The topological polar surface area (TPSA) is 117 Å². The lowest BCUT2D eigenvalue weighted by molar-refractivity contribution is -0.132. The summed E-state index contributed by atoms with van der Waals surface area (Å²) in [5, 5.41) is 22.7. The van der Waals surface area contributed by atoms with E-state index in [0.717, 1.165) is 11.3 Å². The van der Waals surface area contributed by atoms with Gasteiger partial charge < -0.3 is 14.9 Å². The molecule has 1 saturated heterocycles. The molecule has 0 aliphatic carbocycles. The summed E-state index contributed by atoms with van der Waals surface area (Å²) in [6, 6.07) is 11.6. The summed E-state index contributed by atoms with van der Waals surface area (Å²) in [7, 11) is 1.46. The van der Waals surface area contributed by atoms with Crippen molar-refractivity contribution in [1.29, 1.82) is 0 Å². The summed E-state index contributed by atoms with van der Waals surface area (Å²) in [6.45, 7) is 0. The van der Waals surface area contributed by atoms with Gasteiger partial charge in [0.15, 0.2) is 5.13 Å². The van der Waals surface area contributed by atoms with Gasteiger partial charge in [-0.2, -0.15) is 0 Å². The maximum Gasteiger partial charge on any atom is 0.335 e. The zero-order chi connectivity index (χ0) is 24.9. The van der Waals surface area contributed by atoms with E-state index in [4.69, 9.17) is 16.3 Å². The number of methoxy groups -OCH3 is 1. The molecule has 0 spiro atoms. The number of amides is 1. The molecule has 4 aromatic rings. The molecule has 1 fully saturated rings. The number of benzene rings is 2. The van der Waals surface area contributed by atoms with Crippen LogP contribution in [0.2, 0.25) is 5.02 Å². The van der Waals surface area contributed by atoms with Gasteiger partial charge in [0.25, 0.3) is 5.78 Å². The molecule has 176 valence electrons. The number of carboxylic acid groups (broad SMARTS) is 1. The summed E-state index contributed by atoms with van der Waals surface area (Å²) >= 11 is 8.63.